The highest BCUT2D eigenvalue weighted by molar-refractivity contribution is 5.94. The largest absolute Gasteiger partial charge is 0.382 e. The number of carbonyl (C=O) groups excluding carboxylic acids is 1. The van der Waals surface area contributed by atoms with Crippen molar-refractivity contribution in [3.05, 3.63) is 27.2 Å². The molecule has 2 N–H and O–H groups in total. The minimum absolute atomic E-state index is 0.00918. The minimum Gasteiger partial charge on any atom is -0.382 e. The molecule has 17 heavy (non-hydrogen) atoms. The Morgan fingerprint density at radius 2 is 2.12 bits per heavy atom. The van der Waals surface area contributed by atoms with E-state index in [0.717, 1.165) is 0 Å². The zero-order valence-electron chi connectivity index (χ0n) is 9.99. The van der Waals surface area contributed by atoms with Gasteiger partial charge in [0.05, 0.1) is 18.9 Å². The number of methoxy groups -OCH3 is 1. The lowest BCUT2D eigenvalue weighted by atomic mass is 10.1. The number of nitrogens with one attached hydrogen (secondary N) is 2. The molecule has 0 bridgehead atoms. The number of aromatic nitrogens is 2. The number of nitrogens with zero attached hydrogens (tertiary/aromatic N) is 1. The lowest BCUT2D eigenvalue weighted by molar-refractivity contribution is 0.00873. The van der Waals surface area contributed by atoms with Crippen molar-refractivity contribution >= 4 is 5.91 Å². The van der Waals surface area contributed by atoms with Crippen LogP contribution in [0.15, 0.2) is 4.79 Å². The molecular formula is C10H15N3O4. The second-order valence-corrected chi connectivity index (χ2v) is 3.41. The minimum atomic E-state index is -0.592. The molecule has 7 nitrogen and oxygen atoms in total. The van der Waals surface area contributed by atoms with Crippen LogP contribution in [0.4, 0.5) is 0 Å². The second kappa shape index (κ2) is 6.12. The van der Waals surface area contributed by atoms with Gasteiger partial charge in [-0.1, -0.05) is 0 Å². The highest BCUT2D eigenvalue weighted by Gasteiger charge is 2.15. The molecule has 1 rings (SSSR count). The second-order valence-electron chi connectivity index (χ2n) is 3.41. The number of H-pyrrole nitrogens is 1. The average molecular weight is 241 g/mol. The third kappa shape index (κ3) is 3.36. The summed E-state index contributed by atoms with van der Waals surface area (Å²) in [6.45, 7) is 3.92. The Bertz CT molecular complexity index is 455. The summed E-state index contributed by atoms with van der Waals surface area (Å²) in [6, 6.07) is 0. The maximum absolute atomic E-state index is 11.7. The van der Waals surface area contributed by atoms with Crippen molar-refractivity contribution in [1.82, 2.24) is 15.7 Å². The first-order valence-corrected chi connectivity index (χ1v) is 5.05. The van der Waals surface area contributed by atoms with E-state index in [9.17, 15) is 9.59 Å². The van der Waals surface area contributed by atoms with Crippen LogP contribution in [0.2, 0.25) is 0 Å². The van der Waals surface area contributed by atoms with Crippen molar-refractivity contribution in [2.75, 3.05) is 20.3 Å². The number of hydroxylamine groups is 1. The van der Waals surface area contributed by atoms with Crippen LogP contribution in [0, 0.1) is 13.8 Å². The number of amides is 1. The van der Waals surface area contributed by atoms with E-state index < -0.39 is 11.5 Å². The normalized spacial score (nSPS) is 10.3. The Balaban J connectivity index is 2.75. The van der Waals surface area contributed by atoms with Gasteiger partial charge in [-0.15, -0.1) is 0 Å². The molecule has 0 aliphatic carbocycles. The van der Waals surface area contributed by atoms with Gasteiger partial charge in [0.1, 0.15) is 5.56 Å². The summed E-state index contributed by atoms with van der Waals surface area (Å²) >= 11 is 0. The number of hydrogen-bond donors (Lipinski definition) is 2. The molecule has 0 spiro atoms. The predicted molar refractivity (Wildman–Crippen MR) is 59.6 cm³/mol. The SMILES string of the molecule is COCCONC(=O)c1c(C)c(C)n[nH]c1=O. The molecule has 0 aliphatic rings. The van der Waals surface area contributed by atoms with Crippen molar-refractivity contribution in [1.29, 1.82) is 0 Å². The van der Waals surface area contributed by atoms with Crippen LogP contribution in [0.3, 0.4) is 0 Å². The van der Waals surface area contributed by atoms with Crippen LogP contribution in [0.1, 0.15) is 21.6 Å². The maximum atomic E-state index is 11.7. The van der Waals surface area contributed by atoms with E-state index in [-0.39, 0.29) is 12.2 Å². The molecule has 1 aromatic heterocycles. The van der Waals surface area contributed by atoms with Gasteiger partial charge < -0.3 is 4.74 Å². The summed E-state index contributed by atoms with van der Waals surface area (Å²) in [5, 5.41) is 6.00. The van der Waals surface area contributed by atoms with Gasteiger partial charge in [0.2, 0.25) is 0 Å². The van der Waals surface area contributed by atoms with E-state index in [1.54, 1.807) is 13.8 Å². The third-order valence-corrected chi connectivity index (χ3v) is 2.25. The van der Waals surface area contributed by atoms with Gasteiger partial charge in [-0.3, -0.25) is 14.4 Å². The zero-order chi connectivity index (χ0) is 12.8. The van der Waals surface area contributed by atoms with E-state index >= 15 is 0 Å². The molecule has 0 aromatic carbocycles. The fraction of sp³-hybridized carbons (Fsp3) is 0.500. The van der Waals surface area contributed by atoms with Crippen molar-refractivity contribution in [2.24, 2.45) is 0 Å². The molecule has 0 atom stereocenters. The van der Waals surface area contributed by atoms with Crippen LogP contribution < -0.4 is 11.0 Å². The van der Waals surface area contributed by atoms with Gasteiger partial charge >= 0.3 is 0 Å². The Hall–Kier alpha value is -1.73. The number of hydrogen-bond acceptors (Lipinski definition) is 5. The van der Waals surface area contributed by atoms with Crippen LogP contribution >= 0.6 is 0 Å². The zero-order valence-corrected chi connectivity index (χ0v) is 9.99. The summed E-state index contributed by atoms with van der Waals surface area (Å²) in [4.78, 5) is 28.0. The average Bonchev–Trinajstić information content (AvgIpc) is 2.30. The molecule has 0 radical (unpaired) electrons. The highest BCUT2D eigenvalue weighted by atomic mass is 16.7. The Morgan fingerprint density at radius 1 is 1.41 bits per heavy atom. The third-order valence-electron chi connectivity index (χ3n) is 2.25. The lowest BCUT2D eigenvalue weighted by Gasteiger charge is -2.07. The van der Waals surface area contributed by atoms with Gasteiger partial charge in [-0.25, -0.2) is 10.6 Å². The number of ether oxygens (including phenoxy) is 1. The van der Waals surface area contributed by atoms with Gasteiger partial charge in [-0.2, -0.15) is 5.10 Å². The Kier molecular flexibility index (Phi) is 4.80. The van der Waals surface area contributed by atoms with Gasteiger partial charge in [-0.05, 0) is 19.4 Å². The molecule has 1 aromatic rings. The first kappa shape index (κ1) is 13.3. The lowest BCUT2D eigenvalue weighted by Crippen LogP contribution is -2.32. The fourth-order valence-electron chi connectivity index (χ4n) is 1.19. The quantitative estimate of drug-likeness (QED) is 0.545. The van der Waals surface area contributed by atoms with Crippen molar-refractivity contribution in [3.63, 3.8) is 0 Å². The molecule has 7 heteroatoms. The first-order chi connectivity index (χ1) is 8.07. The molecule has 0 saturated heterocycles. The summed E-state index contributed by atoms with van der Waals surface area (Å²) in [5.74, 6) is -0.592. The Morgan fingerprint density at radius 3 is 2.76 bits per heavy atom. The molecule has 0 saturated carbocycles. The smallest absolute Gasteiger partial charge is 0.280 e. The molecular weight excluding hydrogens is 226 g/mol. The molecule has 1 heterocycles. The number of aromatic amines is 1. The summed E-state index contributed by atoms with van der Waals surface area (Å²) < 4.78 is 4.74. The number of carbonyl (C=O) groups is 1. The predicted octanol–water partition coefficient (Wildman–Crippen LogP) is -0.305. The molecule has 94 valence electrons. The number of rotatable bonds is 5. The van der Waals surface area contributed by atoms with E-state index in [1.165, 1.54) is 7.11 Å². The number of aryl methyl sites for hydroxylation is 1. The van der Waals surface area contributed by atoms with Gasteiger partial charge in [0.25, 0.3) is 11.5 Å². The molecule has 0 fully saturated rings. The first-order valence-electron chi connectivity index (χ1n) is 5.05. The van der Waals surface area contributed by atoms with Crippen molar-refractivity contribution in [2.45, 2.75) is 13.8 Å². The summed E-state index contributed by atoms with van der Waals surface area (Å²) in [7, 11) is 1.52. The molecule has 0 aliphatic heterocycles. The summed E-state index contributed by atoms with van der Waals surface area (Å²) in [6.07, 6.45) is 0. The fourth-order valence-corrected chi connectivity index (χ4v) is 1.19. The molecule has 1 amide bonds. The molecule has 0 unspecified atom stereocenters. The van der Waals surface area contributed by atoms with Crippen LogP contribution in [0.5, 0.6) is 0 Å². The van der Waals surface area contributed by atoms with E-state index in [1.807, 2.05) is 0 Å². The standard InChI is InChI=1S/C10H15N3O4/c1-6-7(2)11-12-9(14)8(6)10(15)13-17-5-4-16-3/h4-5H2,1-3H3,(H,12,14)(H,13,15). The Labute approximate surface area is 98.1 Å². The van der Waals surface area contributed by atoms with Gasteiger partial charge in [0.15, 0.2) is 0 Å². The topological polar surface area (TPSA) is 93.3 Å². The summed E-state index contributed by atoms with van der Waals surface area (Å²) in [5.41, 5.74) is 2.76. The van der Waals surface area contributed by atoms with Crippen molar-refractivity contribution in [3.8, 4) is 0 Å². The van der Waals surface area contributed by atoms with Crippen LogP contribution in [-0.4, -0.2) is 36.4 Å². The van der Waals surface area contributed by atoms with Crippen LogP contribution in [0.25, 0.3) is 0 Å². The van der Waals surface area contributed by atoms with E-state index in [2.05, 4.69) is 15.7 Å². The highest BCUT2D eigenvalue weighted by Crippen LogP contribution is 2.04. The van der Waals surface area contributed by atoms with E-state index in [4.69, 9.17) is 9.57 Å². The maximum Gasteiger partial charge on any atom is 0.280 e. The monoisotopic (exact) mass is 241 g/mol. The van der Waals surface area contributed by atoms with Gasteiger partial charge in [0, 0.05) is 7.11 Å². The van der Waals surface area contributed by atoms with Crippen LogP contribution in [-0.2, 0) is 9.57 Å². The van der Waals surface area contributed by atoms with E-state index in [0.29, 0.717) is 17.9 Å². The van der Waals surface area contributed by atoms with Crippen molar-refractivity contribution < 1.29 is 14.4 Å².